The van der Waals surface area contributed by atoms with Gasteiger partial charge in [0.25, 0.3) is 0 Å². The maximum absolute atomic E-state index is 11.0. The Balaban J connectivity index is 2.72. The van der Waals surface area contributed by atoms with Gasteiger partial charge >= 0.3 is 0 Å². The molecule has 6 heteroatoms. The van der Waals surface area contributed by atoms with Gasteiger partial charge in [0.05, 0.1) is 11.4 Å². The first kappa shape index (κ1) is 8.19. The zero-order chi connectivity index (χ0) is 8.32. The molecular weight excluding hydrogens is 166 g/mol. The van der Waals surface area contributed by atoms with Crippen molar-refractivity contribution in [3.05, 3.63) is 11.9 Å². The van der Waals surface area contributed by atoms with E-state index in [4.69, 9.17) is 0 Å². The summed E-state index contributed by atoms with van der Waals surface area (Å²) in [6, 6.07) is 0. The summed E-state index contributed by atoms with van der Waals surface area (Å²) in [6.45, 7) is 1.61. The molecule has 11 heavy (non-hydrogen) atoms. The third-order valence-electron chi connectivity index (χ3n) is 1.27. The van der Waals surface area contributed by atoms with Gasteiger partial charge in [-0.2, -0.15) is 0 Å². The van der Waals surface area contributed by atoms with E-state index in [2.05, 4.69) is 15.4 Å². The minimum atomic E-state index is -2.96. The number of aromatic amines is 1. The lowest BCUT2D eigenvalue weighted by Gasteiger charge is -1.94. The quantitative estimate of drug-likeness (QED) is 0.686. The number of nitrogens with zero attached hydrogens (tertiary/aromatic N) is 2. The SMILES string of the molecule is CCS(=O)(=O)Cc1c[nH]nn1. The largest absolute Gasteiger partial charge is 0.265 e. The van der Waals surface area contributed by atoms with Gasteiger partial charge in [0, 0.05) is 11.9 Å². The Morgan fingerprint density at radius 2 is 2.36 bits per heavy atom. The Kier molecular flexibility index (Phi) is 2.23. The normalized spacial score (nSPS) is 11.7. The summed E-state index contributed by atoms with van der Waals surface area (Å²) in [4.78, 5) is 0. The lowest BCUT2D eigenvalue weighted by molar-refractivity contribution is 0.595. The van der Waals surface area contributed by atoms with Gasteiger partial charge < -0.3 is 0 Å². The van der Waals surface area contributed by atoms with E-state index < -0.39 is 9.84 Å². The Morgan fingerprint density at radius 1 is 1.64 bits per heavy atom. The molecule has 0 fully saturated rings. The van der Waals surface area contributed by atoms with Crippen molar-refractivity contribution in [1.82, 2.24) is 15.4 Å². The van der Waals surface area contributed by atoms with Gasteiger partial charge in [-0.1, -0.05) is 12.1 Å². The molecule has 0 aliphatic heterocycles. The number of nitrogens with one attached hydrogen (secondary N) is 1. The van der Waals surface area contributed by atoms with E-state index in [1.54, 1.807) is 6.92 Å². The molecule has 0 spiro atoms. The summed E-state index contributed by atoms with van der Waals surface area (Å²) in [6.07, 6.45) is 1.48. The number of hydrogen-bond donors (Lipinski definition) is 1. The molecule has 1 aromatic heterocycles. The zero-order valence-corrected chi connectivity index (χ0v) is 6.93. The highest BCUT2D eigenvalue weighted by Gasteiger charge is 2.09. The molecule has 0 bridgehead atoms. The molecule has 1 rings (SSSR count). The van der Waals surface area contributed by atoms with Crippen molar-refractivity contribution < 1.29 is 8.42 Å². The molecule has 1 N–H and O–H groups in total. The topological polar surface area (TPSA) is 75.7 Å². The molecule has 1 heterocycles. The monoisotopic (exact) mass is 175 g/mol. The second-order valence-corrected chi connectivity index (χ2v) is 4.49. The summed E-state index contributed by atoms with van der Waals surface area (Å²) in [5, 5.41) is 9.42. The molecule has 0 radical (unpaired) electrons. The first-order chi connectivity index (χ1) is 5.14. The van der Waals surface area contributed by atoms with Gasteiger partial charge in [-0.15, -0.1) is 5.10 Å². The van der Waals surface area contributed by atoms with Gasteiger partial charge in [-0.05, 0) is 0 Å². The van der Waals surface area contributed by atoms with E-state index >= 15 is 0 Å². The van der Waals surface area contributed by atoms with Gasteiger partial charge in [0.15, 0.2) is 9.84 Å². The molecule has 0 aliphatic rings. The van der Waals surface area contributed by atoms with Crippen LogP contribution in [0, 0.1) is 0 Å². The van der Waals surface area contributed by atoms with Crippen LogP contribution in [-0.4, -0.2) is 29.6 Å². The Bertz CT molecular complexity index is 302. The van der Waals surface area contributed by atoms with E-state index in [-0.39, 0.29) is 11.5 Å². The van der Waals surface area contributed by atoms with Gasteiger partial charge in [-0.3, -0.25) is 5.10 Å². The molecule has 0 aromatic carbocycles. The van der Waals surface area contributed by atoms with Crippen molar-refractivity contribution in [2.24, 2.45) is 0 Å². The first-order valence-corrected chi connectivity index (χ1v) is 5.02. The van der Waals surface area contributed by atoms with Crippen LogP contribution in [0.4, 0.5) is 0 Å². The summed E-state index contributed by atoms with van der Waals surface area (Å²) >= 11 is 0. The summed E-state index contributed by atoms with van der Waals surface area (Å²) in [7, 11) is -2.96. The molecule has 0 atom stereocenters. The average molecular weight is 175 g/mol. The number of aromatic nitrogens is 3. The summed E-state index contributed by atoms with van der Waals surface area (Å²) < 4.78 is 22.0. The third kappa shape index (κ3) is 2.30. The molecule has 0 unspecified atom stereocenters. The van der Waals surface area contributed by atoms with E-state index in [0.29, 0.717) is 5.69 Å². The van der Waals surface area contributed by atoms with E-state index in [0.717, 1.165) is 0 Å². The van der Waals surface area contributed by atoms with Crippen molar-refractivity contribution in [2.75, 3.05) is 5.75 Å². The highest BCUT2D eigenvalue weighted by molar-refractivity contribution is 7.90. The molecule has 0 saturated carbocycles. The second-order valence-electron chi connectivity index (χ2n) is 2.14. The molecule has 1 aromatic rings. The summed E-state index contributed by atoms with van der Waals surface area (Å²) in [5.41, 5.74) is 0.465. The smallest absolute Gasteiger partial charge is 0.155 e. The number of H-pyrrole nitrogens is 1. The van der Waals surface area contributed by atoms with Gasteiger partial charge in [0.2, 0.25) is 0 Å². The predicted octanol–water partition coefficient (Wildman–Crippen LogP) is -0.261. The van der Waals surface area contributed by atoms with Crippen LogP contribution in [0.1, 0.15) is 12.6 Å². The maximum atomic E-state index is 11.0. The number of rotatable bonds is 3. The van der Waals surface area contributed by atoms with E-state index in [9.17, 15) is 8.42 Å². The Labute approximate surface area is 64.7 Å². The van der Waals surface area contributed by atoms with E-state index in [1.165, 1.54) is 6.20 Å². The molecule has 62 valence electrons. The highest BCUT2D eigenvalue weighted by Crippen LogP contribution is 1.99. The van der Waals surface area contributed by atoms with Crippen LogP contribution in [0.15, 0.2) is 6.20 Å². The van der Waals surface area contributed by atoms with Crippen LogP contribution in [0.25, 0.3) is 0 Å². The predicted molar refractivity (Wildman–Crippen MR) is 39.5 cm³/mol. The van der Waals surface area contributed by atoms with Crippen LogP contribution in [0.3, 0.4) is 0 Å². The fraction of sp³-hybridized carbons (Fsp3) is 0.600. The maximum Gasteiger partial charge on any atom is 0.155 e. The van der Waals surface area contributed by atoms with Crippen molar-refractivity contribution in [3.63, 3.8) is 0 Å². The second kappa shape index (κ2) is 3.00. The fourth-order valence-electron chi connectivity index (χ4n) is 0.623. The van der Waals surface area contributed by atoms with Gasteiger partial charge in [-0.25, -0.2) is 8.42 Å². The molecule has 0 aliphatic carbocycles. The highest BCUT2D eigenvalue weighted by atomic mass is 32.2. The van der Waals surface area contributed by atoms with Crippen LogP contribution >= 0.6 is 0 Å². The molecule has 0 saturated heterocycles. The fourth-order valence-corrected chi connectivity index (χ4v) is 1.42. The van der Waals surface area contributed by atoms with Crippen LogP contribution in [0.2, 0.25) is 0 Å². The molecular formula is C5H9N3O2S. The van der Waals surface area contributed by atoms with Crippen molar-refractivity contribution in [1.29, 1.82) is 0 Å². The van der Waals surface area contributed by atoms with Crippen LogP contribution < -0.4 is 0 Å². The minimum absolute atomic E-state index is 0.0278. The van der Waals surface area contributed by atoms with Crippen molar-refractivity contribution in [3.8, 4) is 0 Å². The number of hydrogen-bond acceptors (Lipinski definition) is 4. The zero-order valence-electron chi connectivity index (χ0n) is 6.11. The van der Waals surface area contributed by atoms with Crippen LogP contribution in [0.5, 0.6) is 0 Å². The lowest BCUT2D eigenvalue weighted by atomic mass is 10.6. The molecule has 0 amide bonds. The van der Waals surface area contributed by atoms with Crippen molar-refractivity contribution in [2.45, 2.75) is 12.7 Å². The number of sulfone groups is 1. The van der Waals surface area contributed by atoms with Gasteiger partial charge in [0.1, 0.15) is 0 Å². The third-order valence-corrected chi connectivity index (χ3v) is 2.89. The lowest BCUT2D eigenvalue weighted by Crippen LogP contribution is -2.06. The average Bonchev–Trinajstić information content (AvgIpc) is 2.39. The molecule has 5 nitrogen and oxygen atoms in total. The van der Waals surface area contributed by atoms with Crippen molar-refractivity contribution >= 4 is 9.84 Å². The first-order valence-electron chi connectivity index (χ1n) is 3.20. The van der Waals surface area contributed by atoms with E-state index in [1.807, 2.05) is 0 Å². The minimum Gasteiger partial charge on any atom is -0.265 e. The standard InChI is InChI=1S/C5H9N3O2S/c1-2-11(9,10)4-5-3-6-8-7-5/h3H,2,4H2,1H3,(H,6,7,8). The Hall–Kier alpha value is -0.910. The summed E-state index contributed by atoms with van der Waals surface area (Å²) in [5.74, 6) is 0.111. The Morgan fingerprint density at radius 3 is 2.82 bits per heavy atom. The van der Waals surface area contributed by atoms with Crippen LogP contribution in [-0.2, 0) is 15.6 Å².